The average Bonchev–Trinajstić information content (AvgIpc) is 2.91. The lowest BCUT2D eigenvalue weighted by Crippen LogP contribution is -2.42. The Bertz CT molecular complexity index is 435. The summed E-state index contributed by atoms with van der Waals surface area (Å²) in [6.07, 6.45) is -0.580. The van der Waals surface area contributed by atoms with Crippen LogP contribution in [0.4, 0.5) is 5.82 Å². The average molecular weight is 353 g/mol. The van der Waals surface area contributed by atoms with Crippen LogP contribution in [0, 0.1) is 0 Å². The zero-order chi connectivity index (χ0) is 15.3. The maximum atomic E-state index is 9.95. The maximum Gasteiger partial charge on any atom is 0.270 e. The molecule has 2 N–H and O–H groups in total. The molecule has 1 aliphatic heterocycles. The summed E-state index contributed by atoms with van der Waals surface area (Å²) < 4.78 is 19.4. The van der Waals surface area contributed by atoms with Gasteiger partial charge in [0.1, 0.15) is 12.7 Å². The highest BCUT2D eigenvalue weighted by Crippen LogP contribution is 2.26. The van der Waals surface area contributed by atoms with Gasteiger partial charge >= 0.3 is 0 Å². The summed E-state index contributed by atoms with van der Waals surface area (Å²) in [5, 5.41) is 13.2. The Kier molecular flexibility index (Phi) is 7.78. The molecular formula is C13H25ClN4O3S. The number of hydrogen-bond acceptors (Lipinski definition) is 8. The molecule has 0 saturated carbocycles. The van der Waals surface area contributed by atoms with Crippen LogP contribution in [-0.4, -0.2) is 65.0 Å². The van der Waals surface area contributed by atoms with E-state index >= 15 is 0 Å². The number of nitrogens with zero attached hydrogens (tertiary/aromatic N) is 3. The fourth-order valence-corrected chi connectivity index (χ4v) is 2.41. The van der Waals surface area contributed by atoms with Gasteiger partial charge < -0.3 is 24.8 Å². The molecule has 0 spiro atoms. The fraction of sp³-hybridized carbons (Fsp3) is 0.846. The molecule has 0 aliphatic carbocycles. The van der Waals surface area contributed by atoms with E-state index in [0.717, 1.165) is 30.6 Å². The molecule has 0 bridgehead atoms. The molecule has 1 fully saturated rings. The molecule has 1 atom stereocenters. The van der Waals surface area contributed by atoms with Crippen molar-refractivity contribution in [2.24, 2.45) is 0 Å². The van der Waals surface area contributed by atoms with Gasteiger partial charge in [0.15, 0.2) is 0 Å². The summed E-state index contributed by atoms with van der Waals surface area (Å²) in [5.41, 5.74) is -0.0257. The number of aliphatic hydroxyl groups is 1. The van der Waals surface area contributed by atoms with E-state index < -0.39 is 6.10 Å². The minimum absolute atomic E-state index is 0. The van der Waals surface area contributed by atoms with Crippen LogP contribution in [0.1, 0.15) is 20.8 Å². The Morgan fingerprint density at radius 3 is 2.68 bits per heavy atom. The van der Waals surface area contributed by atoms with E-state index in [1.54, 1.807) is 0 Å². The number of nitrogens with one attached hydrogen (secondary N) is 1. The molecule has 2 heterocycles. The van der Waals surface area contributed by atoms with Crippen LogP contribution in [0.5, 0.6) is 5.88 Å². The van der Waals surface area contributed by atoms with Gasteiger partial charge in [-0.3, -0.25) is 0 Å². The number of hydrogen-bond donors (Lipinski definition) is 2. The molecule has 0 amide bonds. The van der Waals surface area contributed by atoms with Gasteiger partial charge in [0.25, 0.3) is 5.88 Å². The van der Waals surface area contributed by atoms with E-state index in [1.165, 1.54) is 0 Å². The van der Waals surface area contributed by atoms with E-state index in [-0.39, 0.29) is 24.6 Å². The Hall–Kier alpha value is -0.670. The topological polar surface area (TPSA) is 79.7 Å². The van der Waals surface area contributed by atoms with Crippen molar-refractivity contribution in [2.75, 3.05) is 44.4 Å². The lowest BCUT2D eigenvalue weighted by molar-refractivity contribution is 0.0975. The standard InChI is InChI=1S/C13H24N4O3S.ClH/c1-13(2,3)14-8-10(18)9-20-12-11(15-21-16-12)17-4-6-19-7-5-17;/h10,14,18H,4-9H2,1-3H3;1H. The first-order chi connectivity index (χ1) is 9.96. The second-order valence-electron chi connectivity index (χ2n) is 6.09. The molecule has 1 saturated heterocycles. The van der Waals surface area contributed by atoms with Crippen molar-refractivity contribution < 1.29 is 14.6 Å². The smallest absolute Gasteiger partial charge is 0.270 e. The number of halogens is 1. The minimum atomic E-state index is -0.580. The Morgan fingerprint density at radius 1 is 1.36 bits per heavy atom. The summed E-state index contributed by atoms with van der Waals surface area (Å²) in [6.45, 7) is 9.81. The van der Waals surface area contributed by atoms with Gasteiger partial charge in [-0.2, -0.15) is 4.37 Å². The molecule has 9 heteroatoms. The summed E-state index contributed by atoms with van der Waals surface area (Å²) in [5.74, 6) is 1.25. The SMILES string of the molecule is CC(C)(C)NCC(O)COc1nsnc1N1CCOCC1.Cl. The zero-order valence-corrected chi connectivity index (χ0v) is 14.9. The molecule has 22 heavy (non-hydrogen) atoms. The minimum Gasteiger partial charge on any atom is -0.472 e. The first-order valence-electron chi connectivity index (χ1n) is 7.17. The van der Waals surface area contributed by atoms with Crippen LogP contribution in [0.2, 0.25) is 0 Å². The molecule has 1 aromatic heterocycles. The van der Waals surface area contributed by atoms with Crippen molar-refractivity contribution >= 4 is 30.0 Å². The van der Waals surface area contributed by atoms with Gasteiger partial charge in [0.05, 0.1) is 24.9 Å². The molecule has 0 radical (unpaired) electrons. The van der Waals surface area contributed by atoms with Crippen LogP contribution in [0.25, 0.3) is 0 Å². The van der Waals surface area contributed by atoms with Gasteiger partial charge in [-0.15, -0.1) is 16.8 Å². The zero-order valence-electron chi connectivity index (χ0n) is 13.2. The highest BCUT2D eigenvalue weighted by Gasteiger charge is 2.21. The highest BCUT2D eigenvalue weighted by molar-refractivity contribution is 6.99. The molecule has 2 rings (SSSR count). The Balaban J connectivity index is 0.00000242. The van der Waals surface area contributed by atoms with Gasteiger partial charge in [0.2, 0.25) is 5.82 Å². The second-order valence-corrected chi connectivity index (χ2v) is 6.62. The second kappa shape index (κ2) is 8.83. The monoisotopic (exact) mass is 352 g/mol. The third kappa shape index (κ3) is 6.21. The van der Waals surface area contributed by atoms with Crippen molar-refractivity contribution in [3.63, 3.8) is 0 Å². The van der Waals surface area contributed by atoms with Crippen molar-refractivity contribution in [2.45, 2.75) is 32.4 Å². The fourth-order valence-electron chi connectivity index (χ4n) is 1.89. The van der Waals surface area contributed by atoms with E-state index in [2.05, 4.69) is 39.7 Å². The van der Waals surface area contributed by atoms with E-state index in [0.29, 0.717) is 25.6 Å². The van der Waals surface area contributed by atoms with Crippen LogP contribution in [0.15, 0.2) is 0 Å². The summed E-state index contributed by atoms with van der Waals surface area (Å²) >= 11 is 1.12. The third-order valence-corrected chi connectivity index (χ3v) is 3.54. The van der Waals surface area contributed by atoms with E-state index in [4.69, 9.17) is 9.47 Å². The number of rotatable bonds is 6. The molecule has 128 valence electrons. The first kappa shape index (κ1) is 19.4. The van der Waals surface area contributed by atoms with Crippen molar-refractivity contribution in [1.29, 1.82) is 0 Å². The van der Waals surface area contributed by atoms with Crippen LogP contribution >= 0.6 is 24.1 Å². The van der Waals surface area contributed by atoms with Crippen molar-refractivity contribution in [3.05, 3.63) is 0 Å². The number of morpholine rings is 1. The molecule has 7 nitrogen and oxygen atoms in total. The van der Waals surface area contributed by atoms with E-state index in [9.17, 15) is 5.11 Å². The van der Waals surface area contributed by atoms with Gasteiger partial charge in [-0.1, -0.05) is 0 Å². The van der Waals surface area contributed by atoms with Gasteiger partial charge in [0, 0.05) is 25.2 Å². The van der Waals surface area contributed by atoms with Crippen LogP contribution < -0.4 is 15.0 Å². The number of β-amino-alcohol motifs (C(OH)–C–C–N with tert-alkyl or cyclic N) is 1. The third-order valence-electron chi connectivity index (χ3n) is 3.03. The predicted octanol–water partition coefficient (Wildman–Crippen LogP) is 0.924. The van der Waals surface area contributed by atoms with Crippen molar-refractivity contribution in [3.8, 4) is 5.88 Å². The summed E-state index contributed by atoms with van der Waals surface area (Å²) in [4.78, 5) is 2.10. The normalized spacial score (nSPS) is 17.0. The lowest BCUT2D eigenvalue weighted by Gasteiger charge is -2.27. The van der Waals surface area contributed by atoms with Gasteiger partial charge in [-0.25, -0.2) is 0 Å². The van der Waals surface area contributed by atoms with Gasteiger partial charge in [-0.05, 0) is 20.8 Å². The quantitative estimate of drug-likeness (QED) is 0.788. The van der Waals surface area contributed by atoms with Crippen molar-refractivity contribution in [1.82, 2.24) is 14.1 Å². The lowest BCUT2D eigenvalue weighted by atomic mass is 10.1. The van der Waals surface area contributed by atoms with Crippen LogP contribution in [0.3, 0.4) is 0 Å². The number of aromatic nitrogens is 2. The molecule has 1 unspecified atom stereocenters. The summed E-state index contributed by atoms with van der Waals surface area (Å²) in [6, 6.07) is 0. The molecular weight excluding hydrogens is 328 g/mol. The Labute approximate surface area is 141 Å². The first-order valence-corrected chi connectivity index (χ1v) is 7.90. The number of aliphatic hydroxyl groups excluding tert-OH is 1. The molecule has 1 aliphatic rings. The maximum absolute atomic E-state index is 9.95. The number of anilines is 1. The largest absolute Gasteiger partial charge is 0.472 e. The van der Waals surface area contributed by atoms with Crippen LogP contribution in [-0.2, 0) is 4.74 Å². The molecule has 0 aromatic carbocycles. The highest BCUT2D eigenvalue weighted by atomic mass is 35.5. The number of ether oxygens (including phenoxy) is 2. The molecule has 1 aromatic rings. The summed E-state index contributed by atoms with van der Waals surface area (Å²) in [7, 11) is 0. The Morgan fingerprint density at radius 2 is 2.05 bits per heavy atom. The predicted molar refractivity (Wildman–Crippen MR) is 89.4 cm³/mol. The van der Waals surface area contributed by atoms with E-state index in [1.807, 2.05) is 0 Å².